The van der Waals surface area contributed by atoms with E-state index < -0.39 is 0 Å². The van der Waals surface area contributed by atoms with E-state index in [-0.39, 0.29) is 11.2 Å². The van der Waals surface area contributed by atoms with Gasteiger partial charge in [-0.15, -0.1) is 10.2 Å². The molecule has 3 N–H and O–H groups in total. The van der Waals surface area contributed by atoms with Gasteiger partial charge in [0.05, 0.1) is 5.25 Å². The number of nitrogen functional groups attached to an aromatic ring is 1. The molecule has 1 fully saturated rings. The molecule has 0 aliphatic carbocycles. The van der Waals surface area contributed by atoms with E-state index in [1.807, 2.05) is 19.1 Å². The highest BCUT2D eigenvalue weighted by Crippen LogP contribution is 2.28. The molecule has 1 atom stereocenters. The zero-order valence-electron chi connectivity index (χ0n) is 13.6. The number of nitrogens with one attached hydrogen (secondary N) is 1. The van der Waals surface area contributed by atoms with Crippen LogP contribution in [0, 0.1) is 0 Å². The molecule has 128 valence electrons. The van der Waals surface area contributed by atoms with Crippen LogP contribution in [-0.4, -0.2) is 34.4 Å². The number of nitrogens with two attached hydrogens (primary N) is 1. The summed E-state index contributed by atoms with van der Waals surface area (Å²) in [5, 5.41) is 10.8. The smallest absolute Gasteiger partial charge is 0.237 e. The predicted octanol–water partition coefficient (Wildman–Crippen LogP) is 3.23. The van der Waals surface area contributed by atoms with Gasteiger partial charge >= 0.3 is 0 Å². The van der Waals surface area contributed by atoms with Gasteiger partial charge in [0.15, 0.2) is 4.34 Å². The Hall–Kier alpha value is -1.80. The standard InChI is InChI=1S/C16H21N5OS2/c1-11(23-16-20-19-15(17)24-16)14(22)18-12-5-7-13(8-6-12)21-9-3-2-4-10-21/h5-8,11H,2-4,9-10H2,1H3,(H2,17,19)(H,18,22)/t11-/m1/s1. The first-order chi connectivity index (χ1) is 11.6. The van der Waals surface area contributed by atoms with E-state index in [0.29, 0.717) is 9.47 Å². The van der Waals surface area contributed by atoms with Gasteiger partial charge in [-0.05, 0) is 50.5 Å². The lowest BCUT2D eigenvalue weighted by Gasteiger charge is -2.28. The van der Waals surface area contributed by atoms with E-state index in [9.17, 15) is 4.79 Å². The molecule has 1 amide bonds. The molecule has 1 saturated heterocycles. The molecule has 2 heterocycles. The Morgan fingerprint density at radius 1 is 1.25 bits per heavy atom. The number of hydrogen-bond acceptors (Lipinski definition) is 7. The quantitative estimate of drug-likeness (QED) is 0.794. The number of carbonyl (C=O) groups excluding carboxylic acids is 1. The van der Waals surface area contributed by atoms with Crippen LogP contribution in [0.25, 0.3) is 0 Å². The molecule has 1 aromatic carbocycles. The first kappa shape index (κ1) is 17.0. The van der Waals surface area contributed by atoms with Crippen LogP contribution in [0.3, 0.4) is 0 Å². The number of rotatable bonds is 5. The van der Waals surface area contributed by atoms with E-state index in [0.717, 1.165) is 18.8 Å². The molecular weight excluding hydrogens is 342 g/mol. The fourth-order valence-electron chi connectivity index (χ4n) is 2.62. The third-order valence-electron chi connectivity index (χ3n) is 3.92. The summed E-state index contributed by atoms with van der Waals surface area (Å²) in [5.74, 6) is -0.0560. The minimum Gasteiger partial charge on any atom is -0.374 e. The lowest BCUT2D eigenvalue weighted by Crippen LogP contribution is -2.29. The normalized spacial score (nSPS) is 16.0. The van der Waals surface area contributed by atoms with Crippen LogP contribution in [0.5, 0.6) is 0 Å². The third-order valence-corrected chi connectivity index (χ3v) is 5.86. The Morgan fingerprint density at radius 3 is 2.58 bits per heavy atom. The number of nitrogens with zero attached hydrogens (tertiary/aromatic N) is 3. The third kappa shape index (κ3) is 4.39. The molecule has 3 rings (SSSR count). The van der Waals surface area contributed by atoms with E-state index in [1.165, 1.54) is 48.0 Å². The second kappa shape index (κ2) is 7.85. The summed E-state index contributed by atoms with van der Waals surface area (Å²) in [7, 11) is 0. The first-order valence-electron chi connectivity index (χ1n) is 8.03. The molecule has 0 spiro atoms. The molecule has 1 aromatic heterocycles. The summed E-state index contributed by atoms with van der Waals surface area (Å²) >= 11 is 2.65. The van der Waals surface area contributed by atoms with Crippen molar-refractivity contribution in [3.8, 4) is 0 Å². The minimum absolute atomic E-state index is 0.0560. The summed E-state index contributed by atoms with van der Waals surface area (Å²) < 4.78 is 0.704. The van der Waals surface area contributed by atoms with Gasteiger partial charge in [-0.2, -0.15) is 0 Å². The van der Waals surface area contributed by atoms with Crippen molar-refractivity contribution in [2.75, 3.05) is 29.0 Å². The Kier molecular flexibility index (Phi) is 5.57. The molecule has 6 nitrogen and oxygen atoms in total. The van der Waals surface area contributed by atoms with Crippen molar-refractivity contribution in [1.82, 2.24) is 10.2 Å². The predicted molar refractivity (Wildman–Crippen MR) is 101 cm³/mol. The van der Waals surface area contributed by atoms with E-state index in [2.05, 4.69) is 32.5 Å². The summed E-state index contributed by atoms with van der Waals surface area (Å²) in [5.41, 5.74) is 7.59. The number of hydrogen-bond donors (Lipinski definition) is 2. The SMILES string of the molecule is C[C@@H](Sc1nnc(N)s1)C(=O)Nc1ccc(N2CCCCC2)cc1. The topological polar surface area (TPSA) is 84.1 Å². The molecule has 24 heavy (non-hydrogen) atoms. The molecule has 0 unspecified atom stereocenters. The number of benzene rings is 1. The van der Waals surface area contributed by atoms with Gasteiger partial charge in [0.1, 0.15) is 0 Å². The van der Waals surface area contributed by atoms with Crippen molar-refractivity contribution in [2.45, 2.75) is 35.8 Å². The number of thioether (sulfide) groups is 1. The van der Waals surface area contributed by atoms with Crippen molar-refractivity contribution in [2.24, 2.45) is 0 Å². The maximum absolute atomic E-state index is 12.3. The first-order valence-corrected chi connectivity index (χ1v) is 9.73. The van der Waals surface area contributed by atoms with Crippen molar-refractivity contribution in [3.05, 3.63) is 24.3 Å². The monoisotopic (exact) mass is 363 g/mol. The average molecular weight is 364 g/mol. The summed E-state index contributed by atoms with van der Waals surface area (Å²) in [6.07, 6.45) is 3.83. The van der Waals surface area contributed by atoms with E-state index >= 15 is 0 Å². The van der Waals surface area contributed by atoms with Gasteiger partial charge in [-0.25, -0.2) is 0 Å². The van der Waals surface area contributed by atoms with Crippen molar-refractivity contribution >= 4 is 45.5 Å². The van der Waals surface area contributed by atoms with Crippen molar-refractivity contribution < 1.29 is 4.79 Å². The fraction of sp³-hybridized carbons (Fsp3) is 0.438. The molecule has 1 aliphatic heterocycles. The average Bonchev–Trinajstić information content (AvgIpc) is 3.01. The summed E-state index contributed by atoms with van der Waals surface area (Å²) in [4.78, 5) is 14.7. The zero-order chi connectivity index (χ0) is 16.9. The van der Waals surface area contributed by atoms with Crippen LogP contribution < -0.4 is 16.0 Å². The van der Waals surface area contributed by atoms with Crippen LogP contribution in [0.15, 0.2) is 28.6 Å². The summed E-state index contributed by atoms with van der Waals surface area (Å²) in [6, 6.07) is 8.07. The van der Waals surface area contributed by atoms with Crippen LogP contribution in [0.2, 0.25) is 0 Å². The van der Waals surface area contributed by atoms with Crippen LogP contribution in [0.4, 0.5) is 16.5 Å². The molecule has 0 radical (unpaired) electrons. The lowest BCUT2D eigenvalue weighted by atomic mass is 10.1. The largest absolute Gasteiger partial charge is 0.374 e. The highest BCUT2D eigenvalue weighted by atomic mass is 32.2. The second-order valence-corrected chi connectivity index (χ2v) is 8.35. The van der Waals surface area contributed by atoms with Gasteiger partial charge in [0.2, 0.25) is 11.0 Å². The highest BCUT2D eigenvalue weighted by molar-refractivity contribution is 8.02. The van der Waals surface area contributed by atoms with Gasteiger partial charge < -0.3 is 16.0 Å². The van der Waals surface area contributed by atoms with E-state index in [4.69, 9.17) is 5.73 Å². The molecule has 0 bridgehead atoms. The number of carbonyl (C=O) groups is 1. The maximum atomic E-state index is 12.3. The van der Waals surface area contributed by atoms with E-state index in [1.54, 1.807) is 0 Å². The number of amides is 1. The minimum atomic E-state index is -0.265. The second-order valence-electron chi connectivity index (χ2n) is 5.75. The molecule has 2 aromatic rings. The van der Waals surface area contributed by atoms with Gasteiger partial charge in [-0.1, -0.05) is 23.1 Å². The number of aromatic nitrogens is 2. The Labute approximate surface area is 149 Å². The maximum Gasteiger partial charge on any atom is 0.237 e. The Morgan fingerprint density at radius 2 is 1.96 bits per heavy atom. The molecule has 0 saturated carbocycles. The zero-order valence-corrected chi connectivity index (χ0v) is 15.2. The summed E-state index contributed by atoms with van der Waals surface area (Å²) in [6.45, 7) is 4.08. The lowest BCUT2D eigenvalue weighted by molar-refractivity contribution is -0.115. The Balaban J connectivity index is 1.55. The van der Waals surface area contributed by atoms with Gasteiger partial charge in [-0.3, -0.25) is 4.79 Å². The van der Waals surface area contributed by atoms with Crippen molar-refractivity contribution in [1.29, 1.82) is 0 Å². The molecule has 8 heteroatoms. The Bertz CT molecular complexity index is 682. The molecule has 1 aliphatic rings. The van der Waals surface area contributed by atoms with Gasteiger partial charge in [0.25, 0.3) is 0 Å². The highest BCUT2D eigenvalue weighted by Gasteiger charge is 2.17. The van der Waals surface area contributed by atoms with Gasteiger partial charge in [0, 0.05) is 24.5 Å². The van der Waals surface area contributed by atoms with Crippen LogP contribution in [0.1, 0.15) is 26.2 Å². The molecular formula is C16H21N5OS2. The number of piperidine rings is 1. The fourth-order valence-corrected chi connectivity index (χ4v) is 4.40. The van der Waals surface area contributed by atoms with Crippen LogP contribution >= 0.6 is 23.1 Å². The van der Waals surface area contributed by atoms with Crippen molar-refractivity contribution in [3.63, 3.8) is 0 Å². The van der Waals surface area contributed by atoms with Crippen LogP contribution in [-0.2, 0) is 4.79 Å². The number of anilines is 3.